The lowest BCUT2D eigenvalue weighted by Gasteiger charge is -2.15. The van der Waals surface area contributed by atoms with Crippen LogP contribution in [0, 0.1) is 18.6 Å². The van der Waals surface area contributed by atoms with Crippen molar-refractivity contribution in [2.45, 2.75) is 19.9 Å². The molecular weight excluding hydrogens is 280 g/mol. The predicted octanol–water partition coefficient (Wildman–Crippen LogP) is 3.83. The zero-order valence-electron chi connectivity index (χ0n) is 11.9. The van der Waals surface area contributed by atoms with E-state index < -0.39 is 23.6 Å². The van der Waals surface area contributed by atoms with Gasteiger partial charge in [0.2, 0.25) is 5.76 Å². The van der Waals surface area contributed by atoms with E-state index in [-0.39, 0.29) is 11.4 Å². The zero-order chi connectivity index (χ0) is 15.6. The number of methoxy groups -OCH3 is 1. The summed E-state index contributed by atoms with van der Waals surface area (Å²) in [6.07, 6.45) is 0. The molecule has 0 spiro atoms. The number of aryl methyl sites for hydroxylation is 1. The van der Waals surface area contributed by atoms with E-state index >= 15 is 0 Å². The third-order valence-electron chi connectivity index (χ3n) is 3.09. The first-order valence-electron chi connectivity index (χ1n) is 6.33. The minimum atomic E-state index is -0.690. The Labute approximate surface area is 120 Å². The molecule has 1 N–H and O–H groups in total. The Kier molecular flexibility index (Phi) is 4.26. The first kappa shape index (κ1) is 15.0. The summed E-state index contributed by atoms with van der Waals surface area (Å²) in [6, 6.07) is 5.03. The van der Waals surface area contributed by atoms with Crippen LogP contribution in [-0.4, -0.2) is 13.1 Å². The Bertz CT molecular complexity index is 667. The van der Waals surface area contributed by atoms with Gasteiger partial charge in [-0.3, -0.25) is 0 Å². The fourth-order valence-electron chi connectivity index (χ4n) is 1.87. The van der Waals surface area contributed by atoms with Gasteiger partial charge in [0.1, 0.15) is 17.3 Å². The summed E-state index contributed by atoms with van der Waals surface area (Å²) in [4.78, 5) is 11.3. The average Bonchev–Trinajstić information content (AvgIpc) is 2.96. The fraction of sp³-hybridized carbons (Fsp3) is 0.267. The lowest BCUT2D eigenvalue weighted by atomic mass is 10.1. The third kappa shape index (κ3) is 3.04. The third-order valence-corrected chi connectivity index (χ3v) is 3.09. The molecule has 2 aromatic rings. The molecule has 112 valence electrons. The predicted molar refractivity (Wildman–Crippen MR) is 73.2 cm³/mol. The van der Waals surface area contributed by atoms with E-state index in [9.17, 15) is 13.6 Å². The summed E-state index contributed by atoms with van der Waals surface area (Å²) in [5.41, 5.74) is 0.110. The number of benzene rings is 1. The summed E-state index contributed by atoms with van der Waals surface area (Å²) in [6.45, 7) is 3.22. The molecule has 6 heteroatoms. The number of nitrogens with one attached hydrogen (secondary N) is 1. The molecule has 1 aromatic carbocycles. The van der Waals surface area contributed by atoms with Crippen LogP contribution in [0.1, 0.15) is 34.8 Å². The second kappa shape index (κ2) is 5.95. The monoisotopic (exact) mass is 295 g/mol. The van der Waals surface area contributed by atoms with E-state index in [1.54, 1.807) is 19.9 Å². The maximum absolute atomic E-state index is 13.9. The standard InChI is InChI=1S/C15H15F2NO3/c1-8-4-5-10(16)14(13(8)17)18-9(2)11-6-7-12(21-11)15(19)20-3/h4-7,9,18H,1-3H3. The minimum absolute atomic E-state index is 0.0336. The number of halogens is 2. The Morgan fingerprint density at radius 1 is 1.29 bits per heavy atom. The first-order valence-corrected chi connectivity index (χ1v) is 6.33. The quantitative estimate of drug-likeness (QED) is 0.871. The smallest absolute Gasteiger partial charge is 0.373 e. The molecule has 1 heterocycles. The van der Waals surface area contributed by atoms with Crippen LogP contribution >= 0.6 is 0 Å². The van der Waals surface area contributed by atoms with Crippen LogP contribution in [0.2, 0.25) is 0 Å². The maximum Gasteiger partial charge on any atom is 0.373 e. The number of hydrogen-bond donors (Lipinski definition) is 1. The van der Waals surface area contributed by atoms with Gasteiger partial charge in [-0.2, -0.15) is 0 Å². The molecular formula is C15H15F2NO3. The largest absolute Gasteiger partial charge is 0.463 e. The second-order valence-corrected chi connectivity index (χ2v) is 4.61. The maximum atomic E-state index is 13.9. The van der Waals surface area contributed by atoms with Gasteiger partial charge in [-0.1, -0.05) is 6.07 Å². The van der Waals surface area contributed by atoms with Gasteiger partial charge in [0.15, 0.2) is 5.82 Å². The Hall–Kier alpha value is -2.37. The highest BCUT2D eigenvalue weighted by Crippen LogP contribution is 2.27. The molecule has 0 saturated heterocycles. The highest BCUT2D eigenvalue weighted by atomic mass is 19.1. The summed E-state index contributed by atoms with van der Waals surface area (Å²) >= 11 is 0. The number of ether oxygens (including phenoxy) is 1. The molecule has 0 bridgehead atoms. The molecule has 0 aliphatic rings. The highest BCUT2D eigenvalue weighted by molar-refractivity contribution is 5.86. The van der Waals surface area contributed by atoms with Crippen molar-refractivity contribution in [1.82, 2.24) is 0 Å². The van der Waals surface area contributed by atoms with Crippen molar-refractivity contribution < 1.29 is 22.7 Å². The molecule has 1 unspecified atom stereocenters. The normalized spacial score (nSPS) is 12.0. The van der Waals surface area contributed by atoms with Gasteiger partial charge in [0.05, 0.1) is 13.2 Å². The number of esters is 1. The molecule has 2 rings (SSSR count). The summed E-state index contributed by atoms with van der Waals surface area (Å²) in [5.74, 6) is -1.55. The van der Waals surface area contributed by atoms with Crippen molar-refractivity contribution in [1.29, 1.82) is 0 Å². The Morgan fingerprint density at radius 3 is 2.67 bits per heavy atom. The molecule has 0 radical (unpaired) electrons. The van der Waals surface area contributed by atoms with Gasteiger partial charge in [-0.15, -0.1) is 0 Å². The van der Waals surface area contributed by atoms with Crippen molar-refractivity contribution in [3.05, 3.63) is 53.0 Å². The number of furan rings is 1. The van der Waals surface area contributed by atoms with Crippen LogP contribution in [0.15, 0.2) is 28.7 Å². The van der Waals surface area contributed by atoms with E-state index in [1.165, 1.54) is 25.3 Å². The number of hydrogen-bond acceptors (Lipinski definition) is 4. The number of anilines is 1. The van der Waals surface area contributed by atoms with Gasteiger partial charge >= 0.3 is 5.97 Å². The van der Waals surface area contributed by atoms with Gasteiger partial charge in [-0.25, -0.2) is 13.6 Å². The molecule has 1 aromatic heterocycles. The van der Waals surface area contributed by atoms with E-state index in [0.717, 1.165) is 0 Å². The van der Waals surface area contributed by atoms with Crippen LogP contribution in [0.25, 0.3) is 0 Å². The number of carbonyl (C=O) groups excluding carboxylic acids is 1. The van der Waals surface area contributed by atoms with Crippen LogP contribution in [0.4, 0.5) is 14.5 Å². The summed E-state index contributed by atoms with van der Waals surface area (Å²) in [7, 11) is 1.24. The Balaban J connectivity index is 2.22. The SMILES string of the molecule is COC(=O)c1ccc(C(C)Nc2c(F)ccc(C)c2F)o1. The zero-order valence-corrected chi connectivity index (χ0v) is 11.9. The van der Waals surface area contributed by atoms with Gasteiger partial charge in [0.25, 0.3) is 0 Å². The van der Waals surface area contributed by atoms with Crippen LogP contribution < -0.4 is 5.32 Å². The second-order valence-electron chi connectivity index (χ2n) is 4.61. The summed E-state index contributed by atoms with van der Waals surface area (Å²) in [5, 5.41) is 2.71. The van der Waals surface area contributed by atoms with Crippen LogP contribution in [-0.2, 0) is 4.74 Å². The minimum Gasteiger partial charge on any atom is -0.463 e. The number of carbonyl (C=O) groups is 1. The number of rotatable bonds is 4. The molecule has 1 atom stereocenters. The van der Waals surface area contributed by atoms with E-state index in [1.807, 2.05) is 0 Å². The molecule has 0 saturated carbocycles. The van der Waals surface area contributed by atoms with Crippen LogP contribution in [0.3, 0.4) is 0 Å². The van der Waals surface area contributed by atoms with Crippen molar-refractivity contribution >= 4 is 11.7 Å². The molecule has 4 nitrogen and oxygen atoms in total. The van der Waals surface area contributed by atoms with Crippen molar-refractivity contribution in [2.75, 3.05) is 12.4 Å². The highest BCUT2D eigenvalue weighted by Gasteiger charge is 2.18. The molecule has 21 heavy (non-hydrogen) atoms. The van der Waals surface area contributed by atoms with E-state index in [4.69, 9.17) is 4.42 Å². The molecule has 0 aliphatic carbocycles. The van der Waals surface area contributed by atoms with Gasteiger partial charge < -0.3 is 14.5 Å². The fourth-order valence-corrected chi connectivity index (χ4v) is 1.87. The topological polar surface area (TPSA) is 51.5 Å². The molecule has 0 aliphatic heterocycles. The Morgan fingerprint density at radius 2 is 2.00 bits per heavy atom. The van der Waals surface area contributed by atoms with Crippen molar-refractivity contribution in [2.24, 2.45) is 0 Å². The van der Waals surface area contributed by atoms with Crippen LogP contribution in [0.5, 0.6) is 0 Å². The van der Waals surface area contributed by atoms with Gasteiger partial charge in [0, 0.05) is 0 Å². The molecule has 0 amide bonds. The van der Waals surface area contributed by atoms with E-state index in [0.29, 0.717) is 11.3 Å². The van der Waals surface area contributed by atoms with E-state index in [2.05, 4.69) is 10.1 Å². The van der Waals surface area contributed by atoms with Gasteiger partial charge in [-0.05, 0) is 37.6 Å². The lowest BCUT2D eigenvalue weighted by molar-refractivity contribution is 0.0562. The lowest BCUT2D eigenvalue weighted by Crippen LogP contribution is -2.09. The average molecular weight is 295 g/mol. The van der Waals surface area contributed by atoms with Crippen molar-refractivity contribution in [3.8, 4) is 0 Å². The molecule has 0 fully saturated rings. The summed E-state index contributed by atoms with van der Waals surface area (Å²) < 4.78 is 37.4. The first-order chi connectivity index (χ1) is 9.93. The van der Waals surface area contributed by atoms with Crippen molar-refractivity contribution in [3.63, 3.8) is 0 Å².